The van der Waals surface area contributed by atoms with Gasteiger partial charge in [0, 0.05) is 45.7 Å². The molecule has 2 heterocycles. The van der Waals surface area contributed by atoms with Crippen molar-refractivity contribution >= 4 is 41.7 Å². The highest BCUT2D eigenvalue weighted by atomic mass is 127. The van der Waals surface area contributed by atoms with Crippen LogP contribution in [0.4, 0.5) is 5.82 Å². The van der Waals surface area contributed by atoms with Crippen molar-refractivity contribution in [3.63, 3.8) is 0 Å². The van der Waals surface area contributed by atoms with Gasteiger partial charge in [0.2, 0.25) is 5.91 Å². The van der Waals surface area contributed by atoms with Crippen LogP contribution in [0.1, 0.15) is 44.7 Å². The van der Waals surface area contributed by atoms with Gasteiger partial charge in [0.25, 0.3) is 0 Å². The van der Waals surface area contributed by atoms with Gasteiger partial charge in [-0.05, 0) is 38.3 Å². The number of guanidine groups is 1. The Hall–Kier alpha value is -1.58. The summed E-state index contributed by atoms with van der Waals surface area (Å²) in [6.07, 6.45) is 5.50. The molecule has 1 saturated carbocycles. The number of aliphatic imine (C=N–C) groups is 1. The van der Waals surface area contributed by atoms with Crippen molar-refractivity contribution in [2.45, 2.75) is 51.6 Å². The fraction of sp³-hybridized carbons (Fsp3) is 0.667. The molecule has 0 radical (unpaired) electrons. The van der Waals surface area contributed by atoms with E-state index in [1.54, 1.807) is 0 Å². The Morgan fingerprint density at radius 1 is 1.28 bits per heavy atom. The van der Waals surface area contributed by atoms with Crippen molar-refractivity contribution in [1.82, 2.24) is 20.5 Å². The summed E-state index contributed by atoms with van der Waals surface area (Å²) >= 11 is 0. The molecule has 1 aromatic heterocycles. The van der Waals surface area contributed by atoms with Crippen LogP contribution in [0, 0.1) is 5.92 Å². The number of rotatable bonds is 6. The molecule has 1 aliphatic carbocycles. The largest absolute Gasteiger partial charge is 0.363 e. The molecule has 2 fully saturated rings. The zero-order valence-corrected chi connectivity index (χ0v) is 20.2. The smallest absolute Gasteiger partial charge is 0.225 e. The van der Waals surface area contributed by atoms with Crippen LogP contribution in [0.25, 0.3) is 0 Å². The lowest BCUT2D eigenvalue weighted by molar-refractivity contribution is -0.134. The number of anilines is 1. The minimum atomic E-state index is 0. The van der Waals surface area contributed by atoms with Crippen LogP contribution in [0.3, 0.4) is 0 Å². The van der Waals surface area contributed by atoms with E-state index in [2.05, 4.69) is 22.5 Å². The van der Waals surface area contributed by atoms with E-state index in [4.69, 9.17) is 4.99 Å². The number of halogens is 1. The highest BCUT2D eigenvalue weighted by Gasteiger charge is 2.32. The third kappa shape index (κ3) is 6.72. The number of aromatic nitrogens is 1. The Morgan fingerprint density at radius 2 is 2.03 bits per heavy atom. The van der Waals surface area contributed by atoms with Crippen molar-refractivity contribution < 1.29 is 4.79 Å². The van der Waals surface area contributed by atoms with Crippen molar-refractivity contribution in [3.05, 3.63) is 23.9 Å². The third-order valence-corrected chi connectivity index (χ3v) is 5.54. The predicted octanol–water partition coefficient (Wildman–Crippen LogP) is 2.61. The highest BCUT2D eigenvalue weighted by Crippen LogP contribution is 2.27. The first-order valence-corrected chi connectivity index (χ1v) is 10.5. The lowest BCUT2D eigenvalue weighted by Gasteiger charge is -2.21. The van der Waals surface area contributed by atoms with E-state index in [9.17, 15) is 4.79 Å². The lowest BCUT2D eigenvalue weighted by Crippen LogP contribution is -2.45. The van der Waals surface area contributed by atoms with Gasteiger partial charge in [0.05, 0.1) is 12.2 Å². The van der Waals surface area contributed by atoms with Gasteiger partial charge in [-0.2, -0.15) is 0 Å². The number of hydrogen-bond donors (Lipinski definition) is 2. The second-order valence-electron chi connectivity index (χ2n) is 7.97. The number of nitrogens with one attached hydrogen (secondary N) is 2. The number of pyridine rings is 1. The van der Waals surface area contributed by atoms with Crippen molar-refractivity contribution in [1.29, 1.82) is 0 Å². The molecule has 1 saturated heterocycles. The molecule has 0 bridgehead atoms. The van der Waals surface area contributed by atoms with Gasteiger partial charge in [-0.3, -0.25) is 4.79 Å². The monoisotopic (exact) mass is 514 g/mol. The van der Waals surface area contributed by atoms with Crippen molar-refractivity contribution in [2.75, 3.05) is 38.6 Å². The number of carbonyl (C=O) groups is 1. The summed E-state index contributed by atoms with van der Waals surface area (Å²) in [7, 11) is 3.97. The average molecular weight is 514 g/mol. The SMILES string of the molecule is CCNC(=NCc1cccc(N(C)C)n1)NC1CCN(C(=O)C2CCCC2)C1.I. The van der Waals surface area contributed by atoms with E-state index in [1.165, 1.54) is 12.8 Å². The van der Waals surface area contributed by atoms with E-state index >= 15 is 0 Å². The van der Waals surface area contributed by atoms with Gasteiger partial charge in [-0.1, -0.05) is 18.9 Å². The normalized spacial score (nSPS) is 19.8. The third-order valence-electron chi connectivity index (χ3n) is 5.54. The molecule has 2 N–H and O–H groups in total. The second-order valence-corrected chi connectivity index (χ2v) is 7.97. The van der Waals surface area contributed by atoms with Crippen LogP contribution >= 0.6 is 24.0 Å². The summed E-state index contributed by atoms with van der Waals surface area (Å²) in [5, 5.41) is 6.82. The molecule has 7 nitrogen and oxygen atoms in total. The van der Waals surface area contributed by atoms with E-state index in [1.807, 2.05) is 42.1 Å². The van der Waals surface area contributed by atoms with Crippen molar-refractivity contribution in [2.24, 2.45) is 10.9 Å². The summed E-state index contributed by atoms with van der Waals surface area (Å²) in [5.74, 6) is 2.34. The van der Waals surface area contributed by atoms with Crippen LogP contribution in [0.15, 0.2) is 23.2 Å². The van der Waals surface area contributed by atoms with Crippen LogP contribution in [0.5, 0.6) is 0 Å². The van der Waals surface area contributed by atoms with E-state index in [0.29, 0.717) is 12.5 Å². The van der Waals surface area contributed by atoms with Crippen molar-refractivity contribution in [3.8, 4) is 0 Å². The van der Waals surface area contributed by atoms with Gasteiger partial charge in [0.1, 0.15) is 5.82 Å². The first kappa shape index (κ1) is 23.7. The Labute approximate surface area is 191 Å². The molecule has 1 aromatic rings. The van der Waals surface area contributed by atoms with Crippen LogP contribution in [-0.2, 0) is 11.3 Å². The Kier molecular flexibility index (Phi) is 9.45. The maximum atomic E-state index is 12.6. The molecule has 8 heteroatoms. The summed E-state index contributed by atoms with van der Waals surface area (Å²) < 4.78 is 0. The number of nitrogens with zero attached hydrogens (tertiary/aromatic N) is 4. The average Bonchev–Trinajstić information content (AvgIpc) is 3.38. The molecular formula is C21H35IN6O. The standard InChI is InChI=1S/C21H34N6O.HI/c1-4-22-21(23-14-17-10-7-11-19(24-17)26(2)3)25-18-12-13-27(15-18)20(28)16-8-5-6-9-16;/h7,10-11,16,18H,4-6,8-9,12-15H2,1-3H3,(H2,22,23,25);1H. The summed E-state index contributed by atoms with van der Waals surface area (Å²) in [6.45, 7) is 5.00. The second kappa shape index (κ2) is 11.6. The molecule has 0 aromatic carbocycles. The molecule has 1 amide bonds. The van der Waals surface area contributed by atoms with Gasteiger partial charge in [-0.25, -0.2) is 9.98 Å². The van der Waals surface area contributed by atoms with Gasteiger partial charge < -0.3 is 20.4 Å². The maximum absolute atomic E-state index is 12.6. The lowest BCUT2D eigenvalue weighted by atomic mass is 10.1. The fourth-order valence-corrected chi connectivity index (χ4v) is 3.99. The predicted molar refractivity (Wildman–Crippen MR) is 129 cm³/mol. The first-order valence-electron chi connectivity index (χ1n) is 10.5. The number of carbonyl (C=O) groups excluding carboxylic acids is 1. The summed E-state index contributed by atoms with van der Waals surface area (Å²) in [5.41, 5.74) is 0.938. The molecule has 0 spiro atoms. The molecule has 1 atom stereocenters. The first-order chi connectivity index (χ1) is 13.6. The summed E-state index contributed by atoms with van der Waals surface area (Å²) in [6, 6.07) is 6.25. The van der Waals surface area contributed by atoms with E-state index in [-0.39, 0.29) is 35.9 Å². The highest BCUT2D eigenvalue weighted by molar-refractivity contribution is 14.0. The quantitative estimate of drug-likeness (QED) is 0.347. The molecular weight excluding hydrogens is 479 g/mol. The zero-order valence-electron chi connectivity index (χ0n) is 17.9. The maximum Gasteiger partial charge on any atom is 0.225 e. The van der Waals surface area contributed by atoms with Crippen LogP contribution in [-0.4, -0.2) is 61.5 Å². The minimum absolute atomic E-state index is 0. The van der Waals surface area contributed by atoms with Crippen LogP contribution in [0.2, 0.25) is 0 Å². The topological polar surface area (TPSA) is 72.9 Å². The minimum Gasteiger partial charge on any atom is -0.363 e. The molecule has 2 aliphatic rings. The molecule has 1 unspecified atom stereocenters. The van der Waals surface area contributed by atoms with E-state index < -0.39 is 0 Å². The number of likely N-dealkylation sites (tertiary alicyclic amines) is 1. The molecule has 3 rings (SSSR count). The Bertz CT molecular complexity index is 690. The van der Waals surface area contributed by atoms with Gasteiger partial charge in [0.15, 0.2) is 5.96 Å². The Morgan fingerprint density at radius 3 is 2.72 bits per heavy atom. The zero-order chi connectivity index (χ0) is 19.9. The summed E-state index contributed by atoms with van der Waals surface area (Å²) in [4.78, 5) is 26.0. The van der Waals surface area contributed by atoms with Crippen LogP contribution < -0.4 is 15.5 Å². The molecule has 162 valence electrons. The number of amides is 1. The number of hydrogen-bond acceptors (Lipinski definition) is 4. The Balaban J connectivity index is 0.00000300. The van der Waals surface area contributed by atoms with Gasteiger partial charge in [-0.15, -0.1) is 24.0 Å². The van der Waals surface area contributed by atoms with Gasteiger partial charge >= 0.3 is 0 Å². The van der Waals surface area contributed by atoms with E-state index in [0.717, 1.165) is 56.4 Å². The fourth-order valence-electron chi connectivity index (χ4n) is 3.99. The molecule has 29 heavy (non-hydrogen) atoms. The molecule has 1 aliphatic heterocycles.